The minimum Gasteiger partial charge on any atom is -0.316 e. The Morgan fingerprint density at radius 2 is 1.53 bits per heavy atom. The van der Waals surface area contributed by atoms with E-state index in [9.17, 15) is 29.8 Å². The number of nitro groups is 2. The Bertz CT molecular complexity index is 833. The average molecular weight is 266 g/mol. The molecule has 2 aromatic rings. The molecule has 2 N–H and O–H groups in total. The molecule has 1 aromatic heterocycles. The van der Waals surface area contributed by atoms with Gasteiger partial charge in [0.05, 0.1) is 15.4 Å². The molecule has 0 bridgehead atoms. The number of nitrogens with zero attached hydrogens (tertiary/aromatic N) is 2. The number of aromatic amines is 2. The van der Waals surface area contributed by atoms with Crippen molar-refractivity contribution in [2.45, 2.75) is 6.92 Å². The monoisotopic (exact) mass is 266 g/mol. The van der Waals surface area contributed by atoms with E-state index in [0.29, 0.717) is 0 Å². The van der Waals surface area contributed by atoms with E-state index in [1.165, 1.54) is 13.0 Å². The maximum Gasteiger partial charge on any atom is 0.371 e. The number of H-pyrrole nitrogens is 2. The largest absolute Gasteiger partial charge is 0.371 e. The molecule has 0 unspecified atom stereocenters. The van der Waals surface area contributed by atoms with Crippen LogP contribution in [0.4, 0.5) is 11.4 Å². The van der Waals surface area contributed by atoms with Gasteiger partial charge in [-0.1, -0.05) is 0 Å². The minimum atomic E-state index is -1.12. The van der Waals surface area contributed by atoms with Crippen molar-refractivity contribution in [2.75, 3.05) is 0 Å². The summed E-state index contributed by atoms with van der Waals surface area (Å²) in [5, 5.41) is 21.9. The quantitative estimate of drug-likeness (QED) is 0.454. The zero-order valence-electron chi connectivity index (χ0n) is 9.42. The Morgan fingerprint density at radius 1 is 1.00 bits per heavy atom. The van der Waals surface area contributed by atoms with Gasteiger partial charge >= 0.3 is 22.5 Å². The van der Waals surface area contributed by atoms with Crippen LogP contribution in [0.25, 0.3) is 11.0 Å². The molecule has 10 heteroatoms. The summed E-state index contributed by atoms with van der Waals surface area (Å²) in [6.07, 6.45) is 0. The Kier molecular flexibility index (Phi) is 2.62. The highest BCUT2D eigenvalue weighted by atomic mass is 16.6. The standard InChI is InChI=1S/C9H6N4O6/c1-3-2-4-5(11-9(15)8(14)10-4)7(13(18)19)6(3)12(16)17/h2H,1H3,(H,10,14)(H,11,15). The van der Waals surface area contributed by atoms with Crippen LogP contribution in [0.3, 0.4) is 0 Å². The highest BCUT2D eigenvalue weighted by Gasteiger charge is 2.31. The molecule has 0 amide bonds. The molecular weight excluding hydrogens is 260 g/mol. The van der Waals surface area contributed by atoms with E-state index in [4.69, 9.17) is 0 Å². The van der Waals surface area contributed by atoms with Crippen LogP contribution in [-0.2, 0) is 0 Å². The van der Waals surface area contributed by atoms with Crippen LogP contribution in [0.1, 0.15) is 5.56 Å². The van der Waals surface area contributed by atoms with Gasteiger partial charge in [-0.05, 0) is 13.0 Å². The molecule has 98 valence electrons. The van der Waals surface area contributed by atoms with Crippen molar-refractivity contribution in [3.05, 3.63) is 52.6 Å². The van der Waals surface area contributed by atoms with Gasteiger partial charge in [-0.15, -0.1) is 0 Å². The van der Waals surface area contributed by atoms with E-state index >= 15 is 0 Å². The number of fused-ring (bicyclic) bond motifs is 1. The summed E-state index contributed by atoms with van der Waals surface area (Å²) in [4.78, 5) is 46.4. The lowest BCUT2D eigenvalue weighted by molar-refractivity contribution is -0.421. The first kappa shape index (κ1) is 12.4. The third kappa shape index (κ3) is 1.84. The van der Waals surface area contributed by atoms with Gasteiger partial charge in [0.1, 0.15) is 0 Å². The van der Waals surface area contributed by atoms with Gasteiger partial charge in [-0.25, -0.2) is 0 Å². The number of hydrogen-bond donors (Lipinski definition) is 2. The maximum absolute atomic E-state index is 11.2. The fourth-order valence-electron chi connectivity index (χ4n) is 1.77. The lowest BCUT2D eigenvalue weighted by atomic mass is 10.1. The van der Waals surface area contributed by atoms with Gasteiger partial charge in [0, 0.05) is 5.56 Å². The fraction of sp³-hybridized carbons (Fsp3) is 0.111. The number of hydrogen-bond acceptors (Lipinski definition) is 6. The molecule has 19 heavy (non-hydrogen) atoms. The molecule has 1 aromatic carbocycles. The predicted octanol–water partition coefficient (Wildman–Crippen LogP) is 0.341. The van der Waals surface area contributed by atoms with Crippen molar-refractivity contribution in [1.29, 1.82) is 0 Å². The minimum absolute atomic E-state index is 0.00639. The van der Waals surface area contributed by atoms with Crippen LogP contribution in [-0.4, -0.2) is 19.8 Å². The third-order valence-electron chi connectivity index (χ3n) is 2.52. The van der Waals surface area contributed by atoms with Crippen LogP contribution in [0.5, 0.6) is 0 Å². The summed E-state index contributed by atoms with van der Waals surface area (Å²) >= 11 is 0. The summed E-state index contributed by atoms with van der Waals surface area (Å²) in [6, 6.07) is 1.19. The molecule has 2 rings (SSSR count). The normalized spacial score (nSPS) is 10.6. The summed E-state index contributed by atoms with van der Waals surface area (Å²) < 4.78 is 0. The first-order valence-electron chi connectivity index (χ1n) is 4.91. The molecule has 0 aliphatic heterocycles. The molecule has 0 spiro atoms. The highest BCUT2D eigenvalue weighted by Crippen LogP contribution is 2.35. The van der Waals surface area contributed by atoms with Gasteiger partial charge in [-0.2, -0.15) is 0 Å². The smallest absolute Gasteiger partial charge is 0.316 e. The molecule has 0 saturated heterocycles. The number of benzene rings is 1. The van der Waals surface area contributed by atoms with Crippen molar-refractivity contribution < 1.29 is 9.85 Å². The average Bonchev–Trinajstić information content (AvgIpc) is 2.29. The molecule has 0 atom stereocenters. The first-order chi connectivity index (χ1) is 8.82. The second kappa shape index (κ2) is 4.01. The number of nitro benzene ring substituents is 2. The lowest BCUT2D eigenvalue weighted by Gasteiger charge is -2.02. The molecule has 10 nitrogen and oxygen atoms in total. The van der Waals surface area contributed by atoms with Crippen LogP contribution < -0.4 is 11.1 Å². The number of aryl methyl sites for hydroxylation is 1. The van der Waals surface area contributed by atoms with E-state index in [1.54, 1.807) is 0 Å². The van der Waals surface area contributed by atoms with E-state index in [2.05, 4.69) is 4.98 Å². The summed E-state index contributed by atoms with van der Waals surface area (Å²) in [6.45, 7) is 1.30. The van der Waals surface area contributed by atoms with Crippen LogP contribution in [0, 0.1) is 27.2 Å². The number of nitrogens with one attached hydrogen (secondary N) is 2. The Morgan fingerprint density at radius 3 is 2.05 bits per heavy atom. The summed E-state index contributed by atoms with van der Waals surface area (Å²) in [7, 11) is 0. The SMILES string of the molecule is Cc1cc2[nH]c(=O)c(=O)[nH]c2c([N+](=O)[O-])c1[N+](=O)[O-]. The lowest BCUT2D eigenvalue weighted by Crippen LogP contribution is -2.29. The molecule has 0 aliphatic carbocycles. The van der Waals surface area contributed by atoms with Gasteiger partial charge in [0.15, 0.2) is 5.52 Å². The van der Waals surface area contributed by atoms with E-state index in [1.807, 2.05) is 4.98 Å². The van der Waals surface area contributed by atoms with Crippen LogP contribution in [0.2, 0.25) is 0 Å². The fourth-order valence-corrected chi connectivity index (χ4v) is 1.77. The third-order valence-corrected chi connectivity index (χ3v) is 2.52. The van der Waals surface area contributed by atoms with E-state index in [0.717, 1.165) is 0 Å². The second-order valence-corrected chi connectivity index (χ2v) is 3.74. The predicted molar refractivity (Wildman–Crippen MR) is 63.2 cm³/mol. The van der Waals surface area contributed by atoms with E-state index < -0.39 is 32.3 Å². The Balaban J connectivity index is 3.12. The molecule has 0 radical (unpaired) electrons. The molecule has 0 saturated carbocycles. The topological polar surface area (TPSA) is 152 Å². The van der Waals surface area contributed by atoms with Crippen molar-refractivity contribution in [1.82, 2.24) is 9.97 Å². The van der Waals surface area contributed by atoms with Gasteiger partial charge in [-0.3, -0.25) is 29.8 Å². The second-order valence-electron chi connectivity index (χ2n) is 3.74. The number of aromatic nitrogens is 2. The number of rotatable bonds is 2. The van der Waals surface area contributed by atoms with Gasteiger partial charge < -0.3 is 9.97 Å². The zero-order valence-corrected chi connectivity index (χ0v) is 9.42. The highest BCUT2D eigenvalue weighted by molar-refractivity contribution is 5.90. The van der Waals surface area contributed by atoms with Crippen molar-refractivity contribution in [3.63, 3.8) is 0 Å². The van der Waals surface area contributed by atoms with Crippen molar-refractivity contribution >= 4 is 22.4 Å². The van der Waals surface area contributed by atoms with Gasteiger partial charge in [0.2, 0.25) is 0 Å². The van der Waals surface area contributed by atoms with Crippen LogP contribution in [0.15, 0.2) is 15.7 Å². The zero-order chi connectivity index (χ0) is 14.3. The maximum atomic E-state index is 11.2. The molecule has 1 heterocycles. The van der Waals surface area contributed by atoms with Crippen molar-refractivity contribution in [2.24, 2.45) is 0 Å². The first-order valence-corrected chi connectivity index (χ1v) is 4.91. The van der Waals surface area contributed by atoms with Gasteiger partial charge in [0.25, 0.3) is 0 Å². The molecule has 0 aliphatic rings. The summed E-state index contributed by atoms with van der Waals surface area (Å²) in [5.41, 5.74) is -4.10. The van der Waals surface area contributed by atoms with E-state index in [-0.39, 0.29) is 16.6 Å². The Hall–Kier alpha value is -3.04. The van der Waals surface area contributed by atoms with Crippen LogP contribution >= 0.6 is 0 Å². The summed E-state index contributed by atoms with van der Waals surface area (Å²) in [5.74, 6) is 0. The molecular formula is C9H6N4O6. The van der Waals surface area contributed by atoms with Crippen molar-refractivity contribution in [3.8, 4) is 0 Å². The molecule has 0 fully saturated rings. The Labute approximate surface area is 103 Å².